The zero-order valence-corrected chi connectivity index (χ0v) is 15.2. The monoisotopic (exact) mass is 341 g/mol. The van der Waals surface area contributed by atoms with Crippen LogP contribution in [0.2, 0.25) is 0 Å². The van der Waals surface area contributed by atoms with Crippen LogP contribution in [0.4, 0.5) is 0 Å². The van der Waals surface area contributed by atoms with Gasteiger partial charge in [0.2, 0.25) is 0 Å². The Labute approximate surface area is 150 Å². The van der Waals surface area contributed by atoms with Gasteiger partial charge in [-0.05, 0) is 51.3 Å². The fraction of sp³-hybridized carbons (Fsp3) is 0.600. The zero-order valence-electron chi connectivity index (χ0n) is 15.2. The number of unbranched alkanes of at least 4 members (excludes halogenated alkanes) is 1. The van der Waals surface area contributed by atoms with Gasteiger partial charge < -0.3 is 15.0 Å². The molecule has 134 valence electrons. The number of nitrogens with zero attached hydrogens (tertiary/aromatic N) is 2. The fourth-order valence-corrected chi connectivity index (χ4v) is 3.74. The minimum absolute atomic E-state index is 0.0301. The topological polar surface area (TPSA) is 65.4 Å². The van der Waals surface area contributed by atoms with Crippen molar-refractivity contribution in [3.63, 3.8) is 0 Å². The van der Waals surface area contributed by atoms with Gasteiger partial charge in [0.05, 0.1) is 11.6 Å². The Morgan fingerprint density at radius 3 is 2.88 bits per heavy atom. The maximum absolute atomic E-state index is 12.7. The van der Waals surface area contributed by atoms with Gasteiger partial charge in [-0.15, -0.1) is 0 Å². The van der Waals surface area contributed by atoms with E-state index in [0.717, 1.165) is 56.6 Å². The van der Waals surface area contributed by atoms with E-state index in [-0.39, 0.29) is 17.6 Å². The van der Waals surface area contributed by atoms with Crippen LogP contribution in [-0.2, 0) is 6.42 Å². The minimum atomic E-state index is -0.243. The summed E-state index contributed by atoms with van der Waals surface area (Å²) in [5.41, 5.74) is 1.53. The Bertz CT molecular complexity index is 670. The Morgan fingerprint density at radius 2 is 2.16 bits per heavy atom. The van der Waals surface area contributed by atoms with Crippen LogP contribution in [0.25, 0.3) is 0 Å². The molecular formula is C20H27N3O2. The number of likely N-dealkylation sites (tertiary alicyclic amines) is 1. The SMILES string of the molecule is CC1(C)Cc2cccc(C(=O)NC3CCN(CCCC#N)CC3)c2O1. The molecule has 0 aromatic heterocycles. The molecule has 2 aliphatic rings. The van der Waals surface area contributed by atoms with Crippen LogP contribution in [0, 0.1) is 11.3 Å². The third-order valence-electron chi connectivity index (χ3n) is 5.02. The molecular weight excluding hydrogens is 314 g/mol. The number of nitrogens with one attached hydrogen (secondary N) is 1. The highest BCUT2D eigenvalue weighted by atomic mass is 16.5. The molecule has 25 heavy (non-hydrogen) atoms. The normalized spacial score (nSPS) is 19.7. The van der Waals surface area contributed by atoms with Crippen LogP contribution in [0.5, 0.6) is 5.75 Å². The Hall–Kier alpha value is -2.06. The molecule has 2 aliphatic heterocycles. The number of fused-ring (bicyclic) bond motifs is 1. The molecule has 2 heterocycles. The molecule has 3 rings (SSSR count). The summed E-state index contributed by atoms with van der Waals surface area (Å²) in [5.74, 6) is 0.719. The van der Waals surface area contributed by atoms with Crippen molar-refractivity contribution in [2.75, 3.05) is 19.6 Å². The van der Waals surface area contributed by atoms with Crippen LogP contribution in [0.3, 0.4) is 0 Å². The molecule has 5 heteroatoms. The molecule has 0 spiro atoms. The van der Waals surface area contributed by atoms with Gasteiger partial charge >= 0.3 is 0 Å². The lowest BCUT2D eigenvalue weighted by atomic mass is 10.00. The van der Waals surface area contributed by atoms with E-state index >= 15 is 0 Å². The second-order valence-corrected chi connectivity index (χ2v) is 7.68. The lowest BCUT2D eigenvalue weighted by molar-refractivity contribution is 0.0898. The average Bonchev–Trinajstić information content (AvgIpc) is 2.90. The maximum atomic E-state index is 12.7. The van der Waals surface area contributed by atoms with Gasteiger partial charge in [0.1, 0.15) is 11.4 Å². The number of nitriles is 1. The molecule has 1 aromatic carbocycles. The first-order valence-electron chi connectivity index (χ1n) is 9.19. The van der Waals surface area contributed by atoms with Gasteiger partial charge in [0.15, 0.2) is 0 Å². The minimum Gasteiger partial charge on any atom is -0.486 e. The lowest BCUT2D eigenvalue weighted by Crippen LogP contribution is -2.44. The summed E-state index contributed by atoms with van der Waals surface area (Å²) in [6, 6.07) is 8.24. The average molecular weight is 341 g/mol. The Balaban J connectivity index is 1.55. The van der Waals surface area contributed by atoms with Crippen molar-refractivity contribution in [3.8, 4) is 11.8 Å². The molecule has 1 fully saturated rings. The number of amides is 1. The highest BCUT2D eigenvalue weighted by molar-refractivity contribution is 5.97. The first-order chi connectivity index (χ1) is 12.0. The third-order valence-corrected chi connectivity index (χ3v) is 5.02. The zero-order chi connectivity index (χ0) is 17.9. The number of rotatable bonds is 5. The number of piperidine rings is 1. The first-order valence-corrected chi connectivity index (χ1v) is 9.19. The van der Waals surface area contributed by atoms with E-state index in [1.54, 1.807) is 0 Å². The molecule has 1 N–H and O–H groups in total. The van der Waals surface area contributed by atoms with E-state index in [1.165, 1.54) is 0 Å². The fourth-order valence-electron chi connectivity index (χ4n) is 3.74. The van der Waals surface area contributed by atoms with Gasteiger partial charge in [-0.1, -0.05) is 12.1 Å². The Kier molecular flexibility index (Phi) is 5.29. The second kappa shape index (κ2) is 7.45. The van der Waals surface area contributed by atoms with E-state index < -0.39 is 0 Å². The van der Waals surface area contributed by atoms with Crippen molar-refractivity contribution in [2.24, 2.45) is 0 Å². The molecule has 0 radical (unpaired) electrons. The standard InChI is InChI=1S/C20H27N3O2/c1-20(2)14-15-6-5-7-17(18(15)25-20)19(24)22-16-8-12-23(13-9-16)11-4-3-10-21/h5-7,16H,3-4,8-9,11-14H2,1-2H3,(H,22,24). The lowest BCUT2D eigenvalue weighted by Gasteiger charge is -2.32. The van der Waals surface area contributed by atoms with Gasteiger partial charge in [-0.25, -0.2) is 0 Å². The quantitative estimate of drug-likeness (QED) is 0.837. The van der Waals surface area contributed by atoms with E-state index in [4.69, 9.17) is 10.00 Å². The van der Waals surface area contributed by atoms with Gasteiger partial charge in [0.25, 0.3) is 5.91 Å². The van der Waals surface area contributed by atoms with Crippen molar-refractivity contribution in [1.29, 1.82) is 5.26 Å². The number of carbonyl (C=O) groups excluding carboxylic acids is 1. The van der Waals surface area contributed by atoms with Gasteiger partial charge in [0, 0.05) is 32.0 Å². The summed E-state index contributed by atoms with van der Waals surface area (Å²) >= 11 is 0. The highest BCUT2D eigenvalue weighted by Gasteiger charge is 2.33. The van der Waals surface area contributed by atoms with Crippen LogP contribution >= 0.6 is 0 Å². The predicted molar refractivity (Wildman–Crippen MR) is 96.6 cm³/mol. The number of hydrogen-bond donors (Lipinski definition) is 1. The molecule has 0 saturated carbocycles. The molecule has 0 unspecified atom stereocenters. The van der Waals surface area contributed by atoms with Crippen molar-refractivity contribution in [3.05, 3.63) is 29.3 Å². The maximum Gasteiger partial charge on any atom is 0.255 e. The summed E-state index contributed by atoms with van der Waals surface area (Å²) in [4.78, 5) is 15.1. The first kappa shape index (κ1) is 17.8. The van der Waals surface area contributed by atoms with Crippen LogP contribution in [0.1, 0.15) is 55.5 Å². The molecule has 0 bridgehead atoms. The number of hydrogen-bond acceptors (Lipinski definition) is 4. The smallest absolute Gasteiger partial charge is 0.255 e. The molecule has 1 saturated heterocycles. The van der Waals surface area contributed by atoms with Crippen molar-refractivity contribution in [2.45, 2.75) is 57.6 Å². The predicted octanol–water partition coefficient (Wildman–Crippen LogP) is 2.90. The van der Waals surface area contributed by atoms with Crippen molar-refractivity contribution < 1.29 is 9.53 Å². The van der Waals surface area contributed by atoms with E-state index in [9.17, 15) is 4.79 Å². The molecule has 0 aliphatic carbocycles. The second-order valence-electron chi connectivity index (χ2n) is 7.68. The molecule has 1 amide bonds. The molecule has 1 aromatic rings. The summed E-state index contributed by atoms with van der Waals surface area (Å²) in [7, 11) is 0. The largest absolute Gasteiger partial charge is 0.486 e. The summed E-state index contributed by atoms with van der Waals surface area (Å²) in [6.07, 6.45) is 4.30. The van der Waals surface area contributed by atoms with Gasteiger partial charge in [-0.2, -0.15) is 5.26 Å². The summed E-state index contributed by atoms with van der Waals surface area (Å²) in [5, 5.41) is 11.8. The Morgan fingerprint density at radius 1 is 1.40 bits per heavy atom. The van der Waals surface area contributed by atoms with Crippen LogP contribution in [0.15, 0.2) is 18.2 Å². The van der Waals surface area contributed by atoms with Crippen molar-refractivity contribution in [1.82, 2.24) is 10.2 Å². The summed E-state index contributed by atoms with van der Waals surface area (Å²) in [6.45, 7) is 7.04. The van der Waals surface area contributed by atoms with Gasteiger partial charge in [-0.3, -0.25) is 4.79 Å². The molecule has 5 nitrogen and oxygen atoms in total. The third kappa shape index (κ3) is 4.32. The van der Waals surface area contributed by atoms with E-state index in [2.05, 4.69) is 30.1 Å². The van der Waals surface area contributed by atoms with Crippen LogP contribution < -0.4 is 10.1 Å². The highest BCUT2D eigenvalue weighted by Crippen LogP contribution is 2.37. The van der Waals surface area contributed by atoms with E-state index in [0.29, 0.717) is 12.0 Å². The number of carbonyl (C=O) groups is 1. The summed E-state index contributed by atoms with van der Waals surface area (Å²) < 4.78 is 6.01. The van der Waals surface area contributed by atoms with E-state index in [1.807, 2.05) is 18.2 Å². The molecule has 0 atom stereocenters. The van der Waals surface area contributed by atoms with Crippen LogP contribution in [-0.4, -0.2) is 42.1 Å². The number of ether oxygens (including phenoxy) is 1. The van der Waals surface area contributed by atoms with Crippen molar-refractivity contribution >= 4 is 5.91 Å². The number of benzene rings is 1. The number of para-hydroxylation sites is 1.